The van der Waals surface area contributed by atoms with Crippen molar-refractivity contribution in [1.82, 2.24) is 4.90 Å². The Bertz CT molecular complexity index is 666. The van der Waals surface area contributed by atoms with Crippen LogP contribution in [-0.4, -0.2) is 23.4 Å². The second-order valence-electron chi connectivity index (χ2n) is 5.76. The Balaban J connectivity index is 1.75. The first kappa shape index (κ1) is 14.8. The number of carbonyl (C=O) groups is 1. The molecule has 1 saturated heterocycles. The average molecular weight is 302 g/mol. The topological polar surface area (TPSA) is 59.5 Å². The zero-order valence-corrected chi connectivity index (χ0v) is 12.5. The maximum atomic E-state index is 13.0. The van der Waals surface area contributed by atoms with Crippen LogP contribution in [0.3, 0.4) is 0 Å². The first-order valence-electron chi connectivity index (χ1n) is 7.43. The molecule has 3 rings (SSSR count). The summed E-state index contributed by atoms with van der Waals surface area (Å²) < 4.78 is 18.5. The number of carbonyl (C=O) groups excluding carboxylic acids is 1. The molecule has 0 unspecified atom stereocenters. The summed E-state index contributed by atoms with van der Waals surface area (Å²) in [6.07, 6.45) is 0.863. The molecular formula is C17H19FN2O2. The van der Waals surface area contributed by atoms with E-state index in [9.17, 15) is 9.18 Å². The monoisotopic (exact) mass is 302 g/mol. The summed E-state index contributed by atoms with van der Waals surface area (Å²) in [7, 11) is 0. The van der Waals surface area contributed by atoms with E-state index in [-0.39, 0.29) is 30.2 Å². The van der Waals surface area contributed by atoms with Gasteiger partial charge in [-0.3, -0.25) is 4.79 Å². The zero-order chi connectivity index (χ0) is 15.7. The van der Waals surface area contributed by atoms with Gasteiger partial charge in [-0.1, -0.05) is 12.1 Å². The Morgan fingerprint density at radius 1 is 1.32 bits per heavy atom. The van der Waals surface area contributed by atoms with Crippen molar-refractivity contribution < 1.29 is 13.6 Å². The first-order chi connectivity index (χ1) is 10.6. The molecule has 2 atom stereocenters. The van der Waals surface area contributed by atoms with Crippen molar-refractivity contribution in [3.63, 3.8) is 0 Å². The highest BCUT2D eigenvalue weighted by atomic mass is 19.1. The van der Waals surface area contributed by atoms with Crippen LogP contribution < -0.4 is 5.73 Å². The van der Waals surface area contributed by atoms with Gasteiger partial charge in [0.05, 0.1) is 6.54 Å². The van der Waals surface area contributed by atoms with Crippen molar-refractivity contribution in [2.24, 2.45) is 5.73 Å². The van der Waals surface area contributed by atoms with E-state index in [1.807, 2.05) is 11.8 Å². The van der Waals surface area contributed by atoms with Crippen molar-refractivity contribution in [1.29, 1.82) is 0 Å². The van der Waals surface area contributed by atoms with E-state index in [4.69, 9.17) is 10.2 Å². The molecule has 2 heterocycles. The van der Waals surface area contributed by atoms with E-state index in [2.05, 4.69) is 0 Å². The smallest absolute Gasteiger partial charge is 0.289 e. The molecule has 1 amide bonds. The molecule has 5 heteroatoms. The number of amides is 1. The maximum Gasteiger partial charge on any atom is 0.289 e. The van der Waals surface area contributed by atoms with Gasteiger partial charge in [0.2, 0.25) is 0 Å². The van der Waals surface area contributed by atoms with Crippen molar-refractivity contribution in [2.75, 3.05) is 6.54 Å². The summed E-state index contributed by atoms with van der Waals surface area (Å²) in [4.78, 5) is 14.4. The molecule has 1 fully saturated rings. The van der Waals surface area contributed by atoms with E-state index >= 15 is 0 Å². The fourth-order valence-electron chi connectivity index (χ4n) is 3.03. The van der Waals surface area contributed by atoms with Crippen molar-refractivity contribution in [3.05, 3.63) is 59.3 Å². The van der Waals surface area contributed by atoms with E-state index in [0.717, 1.165) is 12.0 Å². The quantitative estimate of drug-likeness (QED) is 0.948. The molecule has 1 aromatic carbocycles. The number of furan rings is 1. The number of halogens is 1. The highest BCUT2D eigenvalue weighted by molar-refractivity contribution is 5.92. The standard InChI is InChI=1S/C17H19FN2O2/c1-11-8-13(12-2-4-14(18)5-3-12)10-20(11)17(21)16-7-6-15(9-19)22-16/h2-7,11,13H,8-10,19H2,1H3/t11-,13-/m0/s1. The van der Waals surface area contributed by atoms with Gasteiger partial charge in [-0.05, 0) is 43.2 Å². The third-order valence-electron chi connectivity index (χ3n) is 4.25. The lowest BCUT2D eigenvalue weighted by Crippen LogP contribution is -2.33. The fraction of sp³-hybridized carbons (Fsp3) is 0.353. The summed E-state index contributed by atoms with van der Waals surface area (Å²) in [6.45, 7) is 2.92. The first-order valence-corrected chi connectivity index (χ1v) is 7.43. The van der Waals surface area contributed by atoms with E-state index in [0.29, 0.717) is 18.1 Å². The lowest BCUT2D eigenvalue weighted by atomic mass is 9.97. The van der Waals surface area contributed by atoms with E-state index in [1.54, 1.807) is 24.3 Å². The molecule has 1 aliphatic rings. The Morgan fingerprint density at radius 3 is 2.68 bits per heavy atom. The molecule has 2 N–H and O–H groups in total. The number of nitrogens with zero attached hydrogens (tertiary/aromatic N) is 1. The molecule has 0 spiro atoms. The number of nitrogens with two attached hydrogens (primary N) is 1. The third kappa shape index (κ3) is 2.76. The highest BCUT2D eigenvalue weighted by Gasteiger charge is 2.34. The van der Waals surface area contributed by atoms with Crippen LogP contribution in [0.5, 0.6) is 0 Å². The predicted molar refractivity (Wildman–Crippen MR) is 80.9 cm³/mol. The number of hydrogen-bond acceptors (Lipinski definition) is 3. The summed E-state index contributed by atoms with van der Waals surface area (Å²) in [6, 6.07) is 10.0. The van der Waals surface area contributed by atoms with Gasteiger partial charge in [-0.25, -0.2) is 4.39 Å². The highest BCUT2D eigenvalue weighted by Crippen LogP contribution is 2.32. The van der Waals surface area contributed by atoms with Gasteiger partial charge < -0.3 is 15.1 Å². The number of benzene rings is 1. The fourth-order valence-corrected chi connectivity index (χ4v) is 3.03. The zero-order valence-electron chi connectivity index (χ0n) is 12.5. The third-order valence-corrected chi connectivity index (χ3v) is 4.25. The molecule has 22 heavy (non-hydrogen) atoms. The van der Waals surface area contributed by atoms with Crippen molar-refractivity contribution in [2.45, 2.75) is 31.8 Å². The lowest BCUT2D eigenvalue weighted by Gasteiger charge is -2.20. The van der Waals surface area contributed by atoms with Crippen molar-refractivity contribution >= 4 is 5.91 Å². The van der Waals surface area contributed by atoms with Gasteiger partial charge in [-0.2, -0.15) is 0 Å². The summed E-state index contributed by atoms with van der Waals surface area (Å²) >= 11 is 0. The maximum absolute atomic E-state index is 13.0. The predicted octanol–water partition coefficient (Wildman–Crippen LogP) is 2.90. The Kier molecular flexibility index (Phi) is 3.98. The van der Waals surface area contributed by atoms with Crippen LogP contribution in [0.2, 0.25) is 0 Å². The normalized spacial score (nSPS) is 21.3. The summed E-state index contributed by atoms with van der Waals surface area (Å²) in [5, 5.41) is 0. The Morgan fingerprint density at radius 2 is 2.05 bits per heavy atom. The van der Waals surface area contributed by atoms with Gasteiger partial charge in [0.25, 0.3) is 5.91 Å². The minimum absolute atomic E-state index is 0.114. The van der Waals surface area contributed by atoms with Crippen LogP contribution in [0.4, 0.5) is 4.39 Å². The van der Waals surface area contributed by atoms with Crippen LogP contribution in [-0.2, 0) is 6.54 Å². The van der Waals surface area contributed by atoms with Crippen molar-refractivity contribution in [3.8, 4) is 0 Å². The second-order valence-corrected chi connectivity index (χ2v) is 5.76. The largest absolute Gasteiger partial charge is 0.455 e. The van der Waals surface area contributed by atoms with E-state index < -0.39 is 0 Å². The minimum atomic E-state index is -0.243. The van der Waals surface area contributed by atoms with Gasteiger partial charge >= 0.3 is 0 Å². The second kappa shape index (κ2) is 5.93. The van der Waals surface area contributed by atoms with Gasteiger partial charge in [0.1, 0.15) is 11.6 Å². The molecule has 2 aromatic rings. The average Bonchev–Trinajstić information content (AvgIpc) is 3.14. The van der Waals surface area contributed by atoms with Crippen LogP contribution in [0.1, 0.15) is 41.1 Å². The van der Waals surface area contributed by atoms with E-state index in [1.165, 1.54) is 12.1 Å². The number of likely N-dealkylation sites (tertiary alicyclic amines) is 1. The molecule has 116 valence electrons. The Labute approximate surface area is 128 Å². The Hall–Kier alpha value is -2.14. The molecule has 0 saturated carbocycles. The number of rotatable bonds is 3. The van der Waals surface area contributed by atoms with Crippen LogP contribution in [0.15, 0.2) is 40.8 Å². The van der Waals surface area contributed by atoms with Gasteiger partial charge in [0, 0.05) is 18.5 Å². The molecular weight excluding hydrogens is 283 g/mol. The number of hydrogen-bond donors (Lipinski definition) is 1. The van der Waals surface area contributed by atoms with Crippen LogP contribution >= 0.6 is 0 Å². The minimum Gasteiger partial charge on any atom is -0.455 e. The lowest BCUT2D eigenvalue weighted by molar-refractivity contribution is 0.0711. The van der Waals surface area contributed by atoms with Crippen LogP contribution in [0.25, 0.3) is 0 Å². The molecule has 1 aromatic heterocycles. The SMILES string of the molecule is C[C@H]1C[C@H](c2ccc(F)cc2)CN1C(=O)c1ccc(CN)o1. The molecule has 0 bridgehead atoms. The molecule has 4 nitrogen and oxygen atoms in total. The van der Waals surface area contributed by atoms with Gasteiger partial charge in [0.15, 0.2) is 5.76 Å². The summed E-state index contributed by atoms with van der Waals surface area (Å²) in [5.74, 6) is 0.797. The molecule has 0 aliphatic carbocycles. The molecule has 0 radical (unpaired) electrons. The molecule has 1 aliphatic heterocycles. The van der Waals surface area contributed by atoms with Crippen LogP contribution in [0, 0.1) is 5.82 Å². The summed E-state index contributed by atoms with van der Waals surface area (Å²) in [5.41, 5.74) is 6.57. The van der Waals surface area contributed by atoms with Gasteiger partial charge in [-0.15, -0.1) is 0 Å².